The highest BCUT2D eigenvalue weighted by atomic mass is 35.5. The van der Waals surface area contributed by atoms with Gasteiger partial charge in [0.25, 0.3) is 0 Å². The molecule has 0 fully saturated rings. The molecule has 1 aliphatic heterocycles. The second-order valence-electron chi connectivity index (χ2n) is 9.30. The Bertz CT molecular complexity index is 1210. The van der Waals surface area contributed by atoms with Crippen molar-refractivity contribution in [2.75, 3.05) is 18.5 Å². The van der Waals surface area contributed by atoms with Gasteiger partial charge in [-0.05, 0) is 82.5 Å². The number of aromatic nitrogens is 1. The van der Waals surface area contributed by atoms with Crippen LogP contribution in [0.25, 0.3) is 22.0 Å². The van der Waals surface area contributed by atoms with Gasteiger partial charge in [0.2, 0.25) is 0 Å². The number of rotatable bonds is 4. The fraction of sp³-hybridized carbons (Fsp3) is 0.385. The van der Waals surface area contributed by atoms with Gasteiger partial charge in [-0.25, -0.2) is 0 Å². The van der Waals surface area contributed by atoms with Crippen molar-refractivity contribution < 1.29 is 14.3 Å². The number of fused-ring (bicyclic) bond motifs is 2. The fourth-order valence-electron chi connectivity index (χ4n) is 4.22. The van der Waals surface area contributed by atoms with Crippen LogP contribution in [-0.4, -0.2) is 29.5 Å². The van der Waals surface area contributed by atoms with E-state index in [9.17, 15) is 4.79 Å². The monoisotopic (exact) mass is 452 g/mol. The maximum absolute atomic E-state index is 12.9. The maximum atomic E-state index is 12.9. The number of Topliss-reactive ketones (excluding diaryl/α,β-unsaturated/α-hetero) is 1. The molecule has 2 aromatic carbocycles. The number of pyridine rings is 1. The number of aryl methyl sites for hydroxylation is 2. The summed E-state index contributed by atoms with van der Waals surface area (Å²) in [5, 5.41) is 4.84. The van der Waals surface area contributed by atoms with Crippen LogP contribution in [0.15, 0.2) is 30.3 Å². The number of hydrogen-bond acceptors (Lipinski definition) is 5. The van der Waals surface area contributed by atoms with Crippen LogP contribution in [0.1, 0.15) is 50.6 Å². The zero-order chi connectivity index (χ0) is 23.2. The lowest BCUT2D eigenvalue weighted by atomic mass is 9.87. The quantitative estimate of drug-likeness (QED) is 0.494. The normalized spacial score (nSPS) is 14.5. The van der Waals surface area contributed by atoms with Crippen molar-refractivity contribution in [2.45, 2.75) is 53.2 Å². The molecule has 0 saturated carbocycles. The van der Waals surface area contributed by atoms with Gasteiger partial charge in [0.05, 0.1) is 21.8 Å². The fourth-order valence-corrected chi connectivity index (χ4v) is 4.54. The molecule has 168 valence electrons. The van der Waals surface area contributed by atoms with Gasteiger partial charge in [-0.3, -0.25) is 9.78 Å². The summed E-state index contributed by atoms with van der Waals surface area (Å²) in [6.45, 7) is 12.7. The Morgan fingerprint density at radius 2 is 1.97 bits per heavy atom. The number of nitrogens with zero attached hydrogens (tertiary/aromatic N) is 1. The number of nitrogens with one attached hydrogen (secondary N) is 1. The Hall–Kier alpha value is -2.63. The minimum atomic E-state index is -0.730. The van der Waals surface area contributed by atoms with Crippen molar-refractivity contribution in [1.82, 2.24) is 4.98 Å². The summed E-state index contributed by atoms with van der Waals surface area (Å²) >= 11 is 6.95. The molecule has 32 heavy (non-hydrogen) atoms. The Labute approximate surface area is 194 Å². The Balaban J connectivity index is 2.08. The van der Waals surface area contributed by atoms with Crippen molar-refractivity contribution in [1.29, 1.82) is 0 Å². The summed E-state index contributed by atoms with van der Waals surface area (Å²) in [5.41, 5.74) is 5.51. The number of ether oxygens (including phenoxy) is 2. The smallest absolute Gasteiger partial charge is 0.163 e. The number of carbonyl (C=O) groups is 1. The molecule has 4 rings (SSSR count). The number of benzene rings is 2. The van der Waals surface area contributed by atoms with E-state index in [1.807, 2.05) is 65.0 Å². The molecule has 3 aromatic rings. The molecule has 1 N–H and O–H groups in total. The van der Waals surface area contributed by atoms with E-state index in [0.29, 0.717) is 18.2 Å². The third-order valence-electron chi connectivity index (χ3n) is 5.52. The summed E-state index contributed by atoms with van der Waals surface area (Å²) < 4.78 is 12.1. The third kappa shape index (κ3) is 4.19. The summed E-state index contributed by atoms with van der Waals surface area (Å²) in [7, 11) is 0. The van der Waals surface area contributed by atoms with Crippen LogP contribution in [0.5, 0.6) is 5.75 Å². The van der Waals surface area contributed by atoms with E-state index >= 15 is 0 Å². The van der Waals surface area contributed by atoms with Crippen LogP contribution in [0.2, 0.25) is 5.02 Å². The highest BCUT2D eigenvalue weighted by Crippen LogP contribution is 2.47. The largest absolute Gasteiger partial charge is 0.490 e. The minimum Gasteiger partial charge on any atom is -0.490 e. The Kier molecular flexibility index (Phi) is 5.91. The lowest BCUT2D eigenvalue weighted by molar-refractivity contribution is -0.138. The van der Waals surface area contributed by atoms with Crippen LogP contribution >= 0.6 is 11.6 Å². The van der Waals surface area contributed by atoms with E-state index in [-0.39, 0.29) is 5.78 Å². The molecule has 0 radical (unpaired) electrons. The first-order chi connectivity index (χ1) is 15.1. The van der Waals surface area contributed by atoms with Gasteiger partial charge in [0, 0.05) is 23.2 Å². The summed E-state index contributed by atoms with van der Waals surface area (Å²) in [6, 6.07) is 9.93. The van der Waals surface area contributed by atoms with Crippen LogP contribution in [0.3, 0.4) is 0 Å². The van der Waals surface area contributed by atoms with Crippen molar-refractivity contribution in [2.24, 2.45) is 0 Å². The average Bonchev–Trinajstić information content (AvgIpc) is 2.71. The topological polar surface area (TPSA) is 60.5 Å². The van der Waals surface area contributed by atoms with Gasteiger partial charge in [0.15, 0.2) is 5.78 Å². The van der Waals surface area contributed by atoms with E-state index < -0.39 is 11.7 Å². The lowest BCUT2D eigenvalue weighted by Gasteiger charge is -2.30. The Morgan fingerprint density at radius 3 is 2.66 bits per heavy atom. The molecule has 5 nitrogen and oxygen atoms in total. The summed E-state index contributed by atoms with van der Waals surface area (Å²) in [6.07, 6.45) is -0.730. The number of hydrogen-bond donors (Lipinski definition) is 1. The van der Waals surface area contributed by atoms with Gasteiger partial charge in [-0.2, -0.15) is 0 Å². The molecule has 1 aliphatic rings. The molecule has 6 heteroatoms. The zero-order valence-corrected chi connectivity index (χ0v) is 20.2. The van der Waals surface area contributed by atoms with E-state index in [4.69, 9.17) is 26.1 Å². The molecule has 1 aromatic heterocycles. The molecule has 1 atom stereocenters. The van der Waals surface area contributed by atoms with Crippen LogP contribution in [0, 0.1) is 13.8 Å². The molecule has 0 saturated heterocycles. The van der Waals surface area contributed by atoms with E-state index in [1.165, 1.54) is 0 Å². The van der Waals surface area contributed by atoms with E-state index in [1.54, 1.807) is 6.92 Å². The standard InChI is InChI=1S/C26H29ClN2O3/c1-14-13-19-17(8-7-15(2)29-19)22(21(14)25(16(3)30)32-26(4,5)6)18-9-10-20-24(23(18)27)28-11-12-31-20/h7-10,13,25,28H,11-12H2,1-6H3/t25-/m1/s1. The number of anilines is 1. The van der Waals surface area contributed by atoms with Crippen LogP contribution in [-0.2, 0) is 9.53 Å². The van der Waals surface area contributed by atoms with Gasteiger partial charge in [-0.1, -0.05) is 17.7 Å². The second kappa shape index (κ2) is 8.38. The van der Waals surface area contributed by atoms with Crippen LogP contribution < -0.4 is 10.1 Å². The van der Waals surface area contributed by atoms with E-state index in [2.05, 4.69) is 5.32 Å². The molecular formula is C26H29ClN2O3. The van der Waals surface area contributed by atoms with Crippen LogP contribution in [0.4, 0.5) is 5.69 Å². The minimum absolute atomic E-state index is 0.0563. The van der Waals surface area contributed by atoms with Crippen molar-refractivity contribution >= 4 is 34.0 Å². The van der Waals surface area contributed by atoms with Crippen molar-refractivity contribution in [3.8, 4) is 16.9 Å². The highest BCUT2D eigenvalue weighted by molar-refractivity contribution is 6.37. The molecular weight excluding hydrogens is 424 g/mol. The summed E-state index contributed by atoms with van der Waals surface area (Å²) in [4.78, 5) is 17.6. The number of ketones is 1. The lowest BCUT2D eigenvalue weighted by Crippen LogP contribution is -2.27. The van der Waals surface area contributed by atoms with Crippen molar-refractivity contribution in [3.63, 3.8) is 0 Å². The second-order valence-corrected chi connectivity index (χ2v) is 9.68. The zero-order valence-electron chi connectivity index (χ0n) is 19.4. The SMILES string of the molecule is CC(=O)[C@@H](OC(C)(C)C)c1c(C)cc2nc(C)ccc2c1-c1ccc2c(c1Cl)NCCO2. The summed E-state index contributed by atoms with van der Waals surface area (Å²) in [5.74, 6) is 0.672. The highest BCUT2D eigenvalue weighted by Gasteiger charge is 2.31. The predicted molar refractivity (Wildman–Crippen MR) is 130 cm³/mol. The van der Waals surface area contributed by atoms with Gasteiger partial charge in [-0.15, -0.1) is 0 Å². The van der Waals surface area contributed by atoms with Gasteiger partial charge in [0.1, 0.15) is 18.5 Å². The predicted octanol–water partition coefficient (Wildman–Crippen LogP) is 6.42. The average molecular weight is 453 g/mol. The molecule has 0 unspecified atom stereocenters. The number of carbonyl (C=O) groups excluding carboxylic acids is 1. The first kappa shape index (κ1) is 22.6. The first-order valence-electron chi connectivity index (χ1n) is 10.9. The molecule has 0 aliphatic carbocycles. The molecule has 0 spiro atoms. The van der Waals surface area contributed by atoms with Crippen molar-refractivity contribution in [3.05, 3.63) is 52.2 Å². The molecule has 0 bridgehead atoms. The maximum Gasteiger partial charge on any atom is 0.163 e. The number of halogens is 1. The first-order valence-corrected chi connectivity index (χ1v) is 11.2. The van der Waals surface area contributed by atoms with E-state index in [0.717, 1.165) is 50.3 Å². The Morgan fingerprint density at radius 1 is 1.22 bits per heavy atom. The molecule has 0 amide bonds. The van der Waals surface area contributed by atoms with Gasteiger partial charge < -0.3 is 14.8 Å². The third-order valence-corrected chi connectivity index (χ3v) is 5.91. The molecule has 2 heterocycles. The van der Waals surface area contributed by atoms with Gasteiger partial charge >= 0.3 is 0 Å².